The maximum absolute atomic E-state index is 12.5. The largest absolute Gasteiger partial charge is 0.457 e. The van der Waals surface area contributed by atoms with Crippen LogP contribution in [0.3, 0.4) is 0 Å². The van der Waals surface area contributed by atoms with Crippen LogP contribution < -0.4 is 10.2 Å². The molecule has 8 heteroatoms. The molecule has 2 aromatic carbocycles. The highest BCUT2D eigenvalue weighted by molar-refractivity contribution is 5.89. The standard InChI is InChI=1S/C25H28N6O2/c1-26-24(30-13-15-31(16-14-30)25-27-11-6-12-28-25)29-18-21-9-5-10-22(17-21)23(32)33-19-20-7-3-2-4-8-20/h2-12,17H,13-16,18-19H2,1H3,(H,26,29). The topological polar surface area (TPSA) is 83.0 Å². The number of anilines is 1. The second-order valence-corrected chi connectivity index (χ2v) is 7.69. The number of ether oxygens (including phenoxy) is 1. The van der Waals surface area contributed by atoms with Gasteiger partial charge < -0.3 is 19.9 Å². The van der Waals surface area contributed by atoms with Crippen LogP contribution in [0.4, 0.5) is 5.95 Å². The summed E-state index contributed by atoms with van der Waals surface area (Å²) in [5, 5.41) is 3.41. The molecular formula is C25H28N6O2. The number of rotatable bonds is 6. The second-order valence-electron chi connectivity index (χ2n) is 7.69. The Morgan fingerprint density at radius 1 is 0.970 bits per heavy atom. The Morgan fingerprint density at radius 3 is 2.42 bits per heavy atom. The van der Waals surface area contributed by atoms with E-state index < -0.39 is 0 Å². The van der Waals surface area contributed by atoms with Crippen molar-refractivity contribution in [3.8, 4) is 0 Å². The molecule has 1 N–H and O–H groups in total. The van der Waals surface area contributed by atoms with Crippen LogP contribution in [0.15, 0.2) is 78.0 Å². The number of hydrogen-bond acceptors (Lipinski definition) is 6. The van der Waals surface area contributed by atoms with E-state index in [1.807, 2.05) is 54.6 Å². The molecule has 33 heavy (non-hydrogen) atoms. The number of carbonyl (C=O) groups excluding carboxylic acids is 1. The van der Waals surface area contributed by atoms with E-state index in [1.165, 1.54) is 0 Å². The number of carbonyl (C=O) groups is 1. The molecule has 1 aliphatic rings. The average molecular weight is 445 g/mol. The van der Waals surface area contributed by atoms with Gasteiger partial charge in [0.25, 0.3) is 0 Å². The summed E-state index contributed by atoms with van der Waals surface area (Å²) >= 11 is 0. The zero-order valence-electron chi connectivity index (χ0n) is 18.7. The molecule has 1 aliphatic heterocycles. The van der Waals surface area contributed by atoms with Gasteiger partial charge in [-0.2, -0.15) is 0 Å². The number of hydrogen-bond donors (Lipinski definition) is 1. The molecule has 2 heterocycles. The number of aliphatic imine (C=N–C) groups is 1. The number of benzene rings is 2. The van der Waals surface area contributed by atoms with Crippen molar-refractivity contribution in [2.45, 2.75) is 13.2 Å². The summed E-state index contributed by atoms with van der Waals surface area (Å²) < 4.78 is 5.45. The average Bonchev–Trinajstić information content (AvgIpc) is 2.89. The number of aromatic nitrogens is 2. The van der Waals surface area contributed by atoms with Crippen molar-refractivity contribution in [2.24, 2.45) is 4.99 Å². The number of esters is 1. The van der Waals surface area contributed by atoms with Gasteiger partial charge in [-0.15, -0.1) is 0 Å². The quantitative estimate of drug-likeness (QED) is 0.356. The maximum Gasteiger partial charge on any atom is 0.338 e. The Hall–Kier alpha value is -3.94. The van der Waals surface area contributed by atoms with Crippen LogP contribution in [0, 0.1) is 0 Å². The van der Waals surface area contributed by atoms with E-state index in [9.17, 15) is 4.79 Å². The molecule has 3 aromatic rings. The summed E-state index contributed by atoms with van der Waals surface area (Å²) in [5.74, 6) is 1.26. The van der Waals surface area contributed by atoms with E-state index in [0.717, 1.165) is 49.2 Å². The van der Waals surface area contributed by atoms with E-state index in [2.05, 4.69) is 30.1 Å². The van der Waals surface area contributed by atoms with E-state index in [-0.39, 0.29) is 12.6 Å². The third-order valence-electron chi connectivity index (χ3n) is 5.45. The highest BCUT2D eigenvalue weighted by atomic mass is 16.5. The molecule has 0 radical (unpaired) electrons. The molecule has 8 nitrogen and oxygen atoms in total. The lowest BCUT2D eigenvalue weighted by molar-refractivity contribution is 0.0472. The van der Waals surface area contributed by atoms with Gasteiger partial charge in [0.05, 0.1) is 5.56 Å². The Kier molecular flexibility index (Phi) is 7.48. The highest BCUT2D eigenvalue weighted by Gasteiger charge is 2.21. The Morgan fingerprint density at radius 2 is 1.70 bits per heavy atom. The van der Waals surface area contributed by atoms with Crippen LogP contribution in [0.5, 0.6) is 0 Å². The van der Waals surface area contributed by atoms with E-state index in [4.69, 9.17) is 4.74 Å². The number of guanidine groups is 1. The van der Waals surface area contributed by atoms with Gasteiger partial charge in [0.15, 0.2) is 5.96 Å². The normalized spacial score (nSPS) is 14.2. The molecule has 0 bridgehead atoms. The zero-order valence-corrected chi connectivity index (χ0v) is 18.7. The lowest BCUT2D eigenvalue weighted by Crippen LogP contribution is -2.52. The van der Waals surface area contributed by atoms with Gasteiger partial charge >= 0.3 is 5.97 Å². The first-order chi connectivity index (χ1) is 16.2. The first kappa shape index (κ1) is 22.3. The summed E-state index contributed by atoms with van der Waals surface area (Å²) in [6, 6.07) is 19.0. The molecule has 0 atom stereocenters. The molecular weight excluding hydrogens is 416 g/mol. The van der Waals surface area contributed by atoms with Crippen LogP contribution in [0.2, 0.25) is 0 Å². The second kappa shape index (κ2) is 11.1. The monoisotopic (exact) mass is 444 g/mol. The fraction of sp³-hybridized carbons (Fsp3) is 0.280. The smallest absolute Gasteiger partial charge is 0.338 e. The van der Waals surface area contributed by atoms with Crippen LogP contribution in [0.1, 0.15) is 21.5 Å². The minimum atomic E-state index is -0.329. The van der Waals surface area contributed by atoms with Gasteiger partial charge in [0, 0.05) is 52.2 Å². The fourth-order valence-electron chi connectivity index (χ4n) is 3.70. The van der Waals surface area contributed by atoms with Crippen LogP contribution in [-0.4, -0.2) is 60.0 Å². The van der Waals surface area contributed by atoms with Crippen LogP contribution in [0.25, 0.3) is 0 Å². The third-order valence-corrected chi connectivity index (χ3v) is 5.45. The molecule has 0 spiro atoms. The van der Waals surface area contributed by atoms with Crippen molar-refractivity contribution in [3.63, 3.8) is 0 Å². The molecule has 1 saturated heterocycles. The number of nitrogens with one attached hydrogen (secondary N) is 1. The van der Waals surface area contributed by atoms with Crippen molar-refractivity contribution in [1.29, 1.82) is 0 Å². The highest BCUT2D eigenvalue weighted by Crippen LogP contribution is 2.12. The number of piperazine rings is 1. The predicted molar refractivity (Wildman–Crippen MR) is 128 cm³/mol. The Balaban J connectivity index is 1.29. The van der Waals surface area contributed by atoms with Gasteiger partial charge in [0.1, 0.15) is 6.61 Å². The van der Waals surface area contributed by atoms with Crippen molar-refractivity contribution in [1.82, 2.24) is 20.2 Å². The van der Waals surface area contributed by atoms with Crippen molar-refractivity contribution in [2.75, 3.05) is 38.1 Å². The summed E-state index contributed by atoms with van der Waals surface area (Å²) in [7, 11) is 1.78. The molecule has 0 aliphatic carbocycles. The Bertz CT molecular complexity index is 1070. The lowest BCUT2D eigenvalue weighted by Gasteiger charge is -2.36. The van der Waals surface area contributed by atoms with Crippen molar-refractivity contribution < 1.29 is 9.53 Å². The molecule has 0 amide bonds. The SMILES string of the molecule is CN=C(NCc1cccc(C(=O)OCc2ccccc2)c1)N1CCN(c2ncccn2)CC1. The first-order valence-electron chi connectivity index (χ1n) is 11.0. The minimum Gasteiger partial charge on any atom is -0.457 e. The zero-order chi connectivity index (χ0) is 22.9. The van der Waals surface area contributed by atoms with Crippen molar-refractivity contribution >= 4 is 17.9 Å². The van der Waals surface area contributed by atoms with Crippen molar-refractivity contribution in [3.05, 3.63) is 89.7 Å². The van der Waals surface area contributed by atoms with Crippen LogP contribution >= 0.6 is 0 Å². The van der Waals surface area contributed by atoms with E-state index in [0.29, 0.717) is 12.1 Å². The first-order valence-corrected chi connectivity index (χ1v) is 11.0. The fourth-order valence-corrected chi connectivity index (χ4v) is 3.70. The molecule has 4 rings (SSSR count). The molecule has 1 fully saturated rings. The van der Waals surface area contributed by atoms with Crippen LogP contribution in [-0.2, 0) is 17.9 Å². The van der Waals surface area contributed by atoms with Gasteiger partial charge in [-0.1, -0.05) is 42.5 Å². The lowest BCUT2D eigenvalue weighted by atomic mass is 10.1. The van der Waals surface area contributed by atoms with E-state index >= 15 is 0 Å². The molecule has 1 aromatic heterocycles. The predicted octanol–water partition coefficient (Wildman–Crippen LogP) is 2.73. The molecule has 0 saturated carbocycles. The van der Waals surface area contributed by atoms with Gasteiger partial charge in [0.2, 0.25) is 5.95 Å². The van der Waals surface area contributed by atoms with Gasteiger partial charge in [-0.25, -0.2) is 14.8 Å². The molecule has 0 unspecified atom stereocenters. The summed E-state index contributed by atoms with van der Waals surface area (Å²) in [5.41, 5.74) is 2.49. The number of nitrogens with zero attached hydrogens (tertiary/aromatic N) is 5. The maximum atomic E-state index is 12.5. The Labute approximate surface area is 194 Å². The summed E-state index contributed by atoms with van der Waals surface area (Å²) in [6.07, 6.45) is 3.53. The third kappa shape index (κ3) is 6.06. The van der Waals surface area contributed by atoms with Gasteiger partial charge in [-0.3, -0.25) is 4.99 Å². The summed E-state index contributed by atoms with van der Waals surface area (Å²) in [4.78, 5) is 30.0. The van der Waals surface area contributed by atoms with E-state index in [1.54, 1.807) is 25.5 Å². The van der Waals surface area contributed by atoms with Gasteiger partial charge in [-0.05, 0) is 29.3 Å². The molecule has 170 valence electrons. The summed E-state index contributed by atoms with van der Waals surface area (Å²) in [6.45, 7) is 4.12. The minimum absolute atomic E-state index is 0.259.